The fourth-order valence-electron chi connectivity index (χ4n) is 3.93. The molecule has 28 heavy (non-hydrogen) atoms. The summed E-state index contributed by atoms with van der Waals surface area (Å²) in [5.41, 5.74) is 2.34. The largest absolute Gasteiger partial charge is 0.490 e. The zero-order valence-corrected chi connectivity index (χ0v) is 16.8. The molecule has 2 heterocycles. The number of piperidine rings is 1. The first kappa shape index (κ1) is 19.0. The van der Waals surface area contributed by atoms with Gasteiger partial charge < -0.3 is 9.72 Å². The number of likely N-dealkylation sites (tertiary alicyclic amines) is 1. The molecular weight excluding hydrogens is 372 g/mol. The van der Waals surface area contributed by atoms with Crippen LogP contribution in [0.2, 0.25) is 5.02 Å². The minimum Gasteiger partial charge on any atom is -0.490 e. The Bertz CT molecular complexity index is 1020. The SMILES string of the molecule is CCc1c[nH]c(=O)c2ccc(OC3CCN(Cc4cccc(Cl)c4)CC3)cc12. The number of benzene rings is 2. The van der Waals surface area contributed by atoms with Crippen LogP contribution in [0, 0.1) is 0 Å². The van der Waals surface area contributed by atoms with Crippen LogP contribution >= 0.6 is 11.6 Å². The molecule has 0 aliphatic carbocycles. The summed E-state index contributed by atoms with van der Waals surface area (Å²) < 4.78 is 6.26. The maximum atomic E-state index is 12.0. The summed E-state index contributed by atoms with van der Waals surface area (Å²) in [5.74, 6) is 0.848. The van der Waals surface area contributed by atoms with Gasteiger partial charge in [-0.05, 0) is 66.1 Å². The van der Waals surface area contributed by atoms with Gasteiger partial charge in [-0.1, -0.05) is 30.7 Å². The molecular formula is C23H25ClN2O2. The Labute approximate surface area is 170 Å². The van der Waals surface area contributed by atoms with E-state index < -0.39 is 0 Å². The number of nitrogens with zero attached hydrogens (tertiary/aromatic N) is 1. The molecule has 1 fully saturated rings. The fourth-order valence-corrected chi connectivity index (χ4v) is 4.15. The summed E-state index contributed by atoms with van der Waals surface area (Å²) in [6, 6.07) is 13.9. The van der Waals surface area contributed by atoms with Gasteiger partial charge in [0.1, 0.15) is 11.9 Å². The zero-order chi connectivity index (χ0) is 19.5. The third-order valence-electron chi connectivity index (χ3n) is 5.47. The van der Waals surface area contributed by atoms with Gasteiger partial charge >= 0.3 is 0 Å². The molecule has 3 aromatic rings. The lowest BCUT2D eigenvalue weighted by Crippen LogP contribution is -2.37. The lowest BCUT2D eigenvalue weighted by Gasteiger charge is -2.32. The molecule has 1 N–H and O–H groups in total. The van der Waals surface area contributed by atoms with Crippen LogP contribution in [0.3, 0.4) is 0 Å². The zero-order valence-electron chi connectivity index (χ0n) is 16.1. The Morgan fingerprint density at radius 2 is 1.96 bits per heavy atom. The molecule has 0 atom stereocenters. The second kappa shape index (κ2) is 8.38. The number of halogens is 1. The maximum Gasteiger partial charge on any atom is 0.255 e. The first-order valence-corrected chi connectivity index (χ1v) is 10.3. The Morgan fingerprint density at radius 1 is 1.14 bits per heavy atom. The highest BCUT2D eigenvalue weighted by Crippen LogP contribution is 2.25. The molecule has 0 radical (unpaired) electrons. The van der Waals surface area contributed by atoms with E-state index in [-0.39, 0.29) is 11.7 Å². The van der Waals surface area contributed by atoms with Crippen molar-refractivity contribution in [1.29, 1.82) is 0 Å². The van der Waals surface area contributed by atoms with Crippen LogP contribution in [0.15, 0.2) is 53.5 Å². The summed E-state index contributed by atoms with van der Waals surface area (Å²) >= 11 is 6.09. The normalized spacial score (nSPS) is 15.8. The highest BCUT2D eigenvalue weighted by atomic mass is 35.5. The molecule has 1 aliphatic heterocycles. The first-order chi connectivity index (χ1) is 13.6. The van der Waals surface area contributed by atoms with E-state index in [0.29, 0.717) is 0 Å². The number of pyridine rings is 1. The summed E-state index contributed by atoms with van der Waals surface area (Å²) in [6.07, 6.45) is 4.88. The summed E-state index contributed by atoms with van der Waals surface area (Å²) in [7, 11) is 0. The number of aromatic amines is 1. The second-order valence-electron chi connectivity index (χ2n) is 7.43. The van der Waals surface area contributed by atoms with Gasteiger partial charge in [0.2, 0.25) is 0 Å². The molecule has 0 spiro atoms. The van der Waals surface area contributed by atoms with Gasteiger partial charge in [-0.15, -0.1) is 0 Å². The minimum atomic E-state index is -0.0481. The van der Waals surface area contributed by atoms with Gasteiger partial charge in [0, 0.05) is 36.2 Å². The number of hydrogen-bond acceptors (Lipinski definition) is 3. The van der Waals surface area contributed by atoms with E-state index in [1.165, 1.54) is 5.56 Å². The van der Waals surface area contributed by atoms with E-state index in [0.717, 1.165) is 66.0 Å². The molecule has 1 saturated heterocycles. The molecule has 0 saturated carbocycles. The van der Waals surface area contributed by atoms with Crippen molar-refractivity contribution in [2.24, 2.45) is 0 Å². The van der Waals surface area contributed by atoms with Crippen LogP contribution in [0.25, 0.3) is 10.8 Å². The average molecular weight is 397 g/mol. The Hall–Kier alpha value is -2.30. The summed E-state index contributed by atoms with van der Waals surface area (Å²) in [5, 5.41) is 2.50. The smallest absolute Gasteiger partial charge is 0.255 e. The molecule has 146 valence electrons. The lowest BCUT2D eigenvalue weighted by atomic mass is 10.0. The van der Waals surface area contributed by atoms with Gasteiger partial charge in [-0.3, -0.25) is 9.69 Å². The van der Waals surface area contributed by atoms with Crippen LogP contribution in [-0.4, -0.2) is 29.1 Å². The standard InChI is InChI=1S/C23H25ClN2O2/c1-2-17-14-25-23(27)21-7-6-20(13-22(17)21)28-19-8-10-26(11-9-19)15-16-4-3-5-18(24)12-16/h3-7,12-14,19H,2,8-11,15H2,1H3,(H,25,27). The number of fused-ring (bicyclic) bond motifs is 1. The van der Waals surface area contributed by atoms with Gasteiger partial charge in [0.25, 0.3) is 5.56 Å². The lowest BCUT2D eigenvalue weighted by molar-refractivity contribution is 0.0969. The van der Waals surface area contributed by atoms with E-state index in [4.69, 9.17) is 16.3 Å². The monoisotopic (exact) mass is 396 g/mol. The van der Waals surface area contributed by atoms with Crippen molar-refractivity contribution in [2.75, 3.05) is 13.1 Å². The quantitative estimate of drug-likeness (QED) is 0.674. The van der Waals surface area contributed by atoms with Gasteiger partial charge in [-0.2, -0.15) is 0 Å². The van der Waals surface area contributed by atoms with Gasteiger partial charge in [-0.25, -0.2) is 0 Å². The number of aromatic nitrogens is 1. The molecule has 5 heteroatoms. The van der Waals surface area contributed by atoms with E-state index in [1.54, 1.807) is 0 Å². The van der Waals surface area contributed by atoms with E-state index in [2.05, 4.69) is 22.9 Å². The van der Waals surface area contributed by atoms with E-state index in [9.17, 15) is 4.79 Å². The number of nitrogens with one attached hydrogen (secondary N) is 1. The van der Waals surface area contributed by atoms with Crippen molar-refractivity contribution < 1.29 is 4.74 Å². The van der Waals surface area contributed by atoms with Crippen molar-refractivity contribution in [1.82, 2.24) is 9.88 Å². The number of aryl methyl sites for hydroxylation is 1. The van der Waals surface area contributed by atoms with Crippen LogP contribution in [-0.2, 0) is 13.0 Å². The molecule has 1 aromatic heterocycles. The van der Waals surface area contributed by atoms with E-state index in [1.807, 2.05) is 42.6 Å². The van der Waals surface area contributed by atoms with Crippen molar-refractivity contribution >= 4 is 22.4 Å². The van der Waals surface area contributed by atoms with Crippen LogP contribution in [0.5, 0.6) is 5.75 Å². The van der Waals surface area contributed by atoms with Crippen LogP contribution in [0.4, 0.5) is 0 Å². The Morgan fingerprint density at radius 3 is 2.71 bits per heavy atom. The third-order valence-corrected chi connectivity index (χ3v) is 5.71. The van der Waals surface area contributed by atoms with Crippen molar-refractivity contribution in [3.8, 4) is 5.75 Å². The predicted octanol–water partition coefficient (Wildman–Crippen LogP) is 4.79. The average Bonchev–Trinajstić information content (AvgIpc) is 2.70. The van der Waals surface area contributed by atoms with Crippen molar-refractivity contribution in [3.63, 3.8) is 0 Å². The number of ether oxygens (including phenoxy) is 1. The topological polar surface area (TPSA) is 45.3 Å². The first-order valence-electron chi connectivity index (χ1n) is 9.90. The number of H-pyrrole nitrogens is 1. The molecule has 0 unspecified atom stereocenters. The Kier molecular flexibility index (Phi) is 5.69. The van der Waals surface area contributed by atoms with Crippen molar-refractivity contribution in [2.45, 2.75) is 38.8 Å². The maximum absolute atomic E-state index is 12.0. The fraction of sp³-hybridized carbons (Fsp3) is 0.348. The molecule has 4 rings (SSSR count). The summed E-state index contributed by atoms with van der Waals surface area (Å²) in [4.78, 5) is 17.3. The highest BCUT2D eigenvalue weighted by Gasteiger charge is 2.21. The van der Waals surface area contributed by atoms with Gasteiger partial charge in [0.15, 0.2) is 0 Å². The number of rotatable bonds is 5. The minimum absolute atomic E-state index is 0.0481. The van der Waals surface area contributed by atoms with Crippen LogP contribution in [0.1, 0.15) is 30.9 Å². The highest BCUT2D eigenvalue weighted by molar-refractivity contribution is 6.30. The summed E-state index contributed by atoms with van der Waals surface area (Å²) in [6.45, 7) is 5.03. The second-order valence-corrected chi connectivity index (χ2v) is 7.86. The molecule has 0 bridgehead atoms. The molecule has 1 aliphatic rings. The van der Waals surface area contributed by atoms with Crippen LogP contribution < -0.4 is 10.3 Å². The predicted molar refractivity (Wildman–Crippen MR) is 114 cm³/mol. The van der Waals surface area contributed by atoms with Crippen molar-refractivity contribution in [3.05, 3.63) is 75.2 Å². The third kappa shape index (κ3) is 4.23. The molecule has 2 aromatic carbocycles. The number of hydrogen-bond donors (Lipinski definition) is 1. The van der Waals surface area contributed by atoms with E-state index >= 15 is 0 Å². The van der Waals surface area contributed by atoms with Gasteiger partial charge in [0.05, 0.1) is 0 Å². The molecule has 0 amide bonds. The Balaban J connectivity index is 1.40. The molecule has 4 nitrogen and oxygen atoms in total.